The van der Waals surface area contributed by atoms with Gasteiger partial charge in [0.25, 0.3) is 5.91 Å². The van der Waals surface area contributed by atoms with E-state index in [9.17, 15) is 4.79 Å². The molecule has 1 atom stereocenters. The molecule has 1 N–H and O–H groups in total. The van der Waals surface area contributed by atoms with Crippen LogP contribution in [0.5, 0.6) is 5.75 Å². The zero-order valence-corrected chi connectivity index (χ0v) is 14.7. The molecule has 0 aliphatic rings. The Morgan fingerprint density at radius 1 is 1.04 bits per heavy atom. The third kappa shape index (κ3) is 5.01. The Morgan fingerprint density at radius 2 is 1.67 bits per heavy atom. The van der Waals surface area contributed by atoms with E-state index in [1.54, 1.807) is 6.92 Å². The van der Waals surface area contributed by atoms with Crippen molar-refractivity contribution >= 4 is 11.6 Å². The number of para-hydroxylation sites is 1. The van der Waals surface area contributed by atoms with E-state index in [-0.39, 0.29) is 5.91 Å². The predicted octanol–water partition coefficient (Wildman–Crippen LogP) is 3.62. The lowest BCUT2D eigenvalue weighted by Crippen LogP contribution is -2.35. The molecular formula is C20H26N2O2. The molecular weight excluding hydrogens is 300 g/mol. The maximum atomic E-state index is 12.1. The number of benzene rings is 2. The first kappa shape index (κ1) is 17.9. The summed E-state index contributed by atoms with van der Waals surface area (Å²) in [6, 6.07) is 17.7. The highest BCUT2D eigenvalue weighted by molar-refractivity contribution is 5.80. The van der Waals surface area contributed by atoms with Gasteiger partial charge in [-0.1, -0.05) is 30.3 Å². The molecule has 0 aliphatic heterocycles. The van der Waals surface area contributed by atoms with E-state index in [4.69, 9.17) is 4.74 Å². The number of rotatable bonds is 8. The molecule has 4 heteroatoms. The van der Waals surface area contributed by atoms with Crippen LogP contribution in [-0.4, -0.2) is 25.1 Å². The van der Waals surface area contributed by atoms with Gasteiger partial charge in [-0.15, -0.1) is 0 Å². The summed E-state index contributed by atoms with van der Waals surface area (Å²) < 4.78 is 5.63. The van der Waals surface area contributed by atoms with Gasteiger partial charge >= 0.3 is 0 Å². The zero-order valence-electron chi connectivity index (χ0n) is 14.7. The summed E-state index contributed by atoms with van der Waals surface area (Å²) in [5.74, 6) is 0.579. The highest BCUT2D eigenvalue weighted by Gasteiger charge is 2.14. The van der Waals surface area contributed by atoms with Crippen molar-refractivity contribution in [1.29, 1.82) is 0 Å². The van der Waals surface area contributed by atoms with Crippen LogP contribution in [0.4, 0.5) is 5.69 Å². The number of carbonyl (C=O) groups is 1. The Labute approximate surface area is 144 Å². The summed E-state index contributed by atoms with van der Waals surface area (Å²) in [7, 11) is 0. The average molecular weight is 326 g/mol. The fourth-order valence-corrected chi connectivity index (χ4v) is 2.50. The number of anilines is 1. The van der Waals surface area contributed by atoms with Gasteiger partial charge in [-0.25, -0.2) is 0 Å². The molecule has 0 aliphatic carbocycles. The first-order valence-electron chi connectivity index (χ1n) is 8.47. The SMILES string of the molecule is CCN(CC)c1ccc(CNC(=O)[C@@H](C)Oc2ccccc2)cc1. The number of hydrogen-bond acceptors (Lipinski definition) is 3. The van der Waals surface area contributed by atoms with Crippen molar-refractivity contribution in [1.82, 2.24) is 5.32 Å². The largest absolute Gasteiger partial charge is 0.481 e. The molecule has 24 heavy (non-hydrogen) atoms. The van der Waals surface area contributed by atoms with Gasteiger partial charge in [-0.3, -0.25) is 4.79 Å². The van der Waals surface area contributed by atoms with Crippen LogP contribution >= 0.6 is 0 Å². The van der Waals surface area contributed by atoms with Crippen LogP contribution in [0.25, 0.3) is 0 Å². The summed E-state index contributed by atoms with van der Waals surface area (Å²) in [5.41, 5.74) is 2.28. The van der Waals surface area contributed by atoms with E-state index in [1.807, 2.05) is 30.3 Å². The molecule has 0 aromatic heterocycles. The zero-order chi connectivity index (χ0) is 17.4. The van der Waals surface area contributed by atoms with E-state index in [0.717, 1.165) is 18.7 Å². The highest BCUT2D eigenvalue weighted by atomic mass is 16.5. The van der Waals surface area contributed by atoms with Crippen molar-refractivity contribution in [3.8, 4) is 5.75 Å². The lowest BCUT2D eigenvalue weighted by atomic mass is 10.2. The van der Waals surface area contributed by atoms with Gasteiger partial charge in [0.2, 0.25) is 0 Å². The Morgan fingerprint density at radius 3 is 2.25 bits per heavy atom. The van der Waals surface area contributed by atoms with E-state index in [2.05, 4.69) is 48.3 Å². The molecule has 2 aromatic rings. The maximum absolute atomic E-state index is 12.1. The van der Waals surface area contributed by atoms with Gasteiger partial charge in [0.1, 0.15) is 5.75 Å². The highest BCUT2D eigenvalue weighted by Crippen LogP contribution is 2.15. The van der Waals surface area contributed by atoms with E-state index in [1.165, 1.54) is 5.69 Å². The molecule has 0 saturated heterocycles. The fourth-order valence-electron chi connectivity index (χ4n) is 2.50. The molecule has 0 unspecified atom stereocenters. The monoisotopic (exact) mass is 326 g/mol. The Kier molecular flexibility index (Phi) is 6.67. The van der Waals surface area contributed by atoms with Gasteiger partial charge in [0, 0.05) is 25.3 Å². The lowest BCUT2D eigenvalue weighted by molar-refractivity contribution is -0.127. The van der Waals surface area contributed by atoms with Gasteiger partial charge < -0.3 is 15.0 Å². The minimum Gasteiger partial charge on any atom is -0.481 e. The summed E-state index contributed by atoms with van der Waals surface area (Å²) >= 11 is 0. The fraction of sp³-hybridized carbons (Fsp3) is 0.350. The molecule has 0 fully saturated rings. The van der Waals surface area contributed by atoms with Crippen molar-refractivity contribution in [3.63, 3.8) is 0 Å². The van der Waals surface area contributed by atoms with Gasteiger partial charge in [-0.2, -0.15) is 0 Å². The van der Waals surface area contributed by atoms with Crippen LogP contribution in [0.3, 0.4) is 0 Å². The van der Waals surface area contributed by atoms with Gasteiger partial charge in [-0.05, 0) is 50.6 Å². The second kappa shape index (κ2) is 8.96. The number of hydrogen-bond donors (Lipinski definition) is 1. The molecule has 2 aromatic carbocycles. The lowest BCUT2D eigenvalue weighted by Gasteiger charge is -2.21. The number of ether oxygens (including phenoxy) is 1. The standard InChI is InChI=1S/C20H26N2O2/c1-4-22(5-2)18-13-11-17(12-14-18)15-21-20(23)16(3)24-19-9-7-6-8-10-19/h6-14,16H,4-5,15H2,1-3H3,(H,21,23)/t16-/m1/s1. The number of amides is 1. The first-order valence-corrected chi connectivity index (χ1v) is 8.47. The summed E-state index contributed by atoms with van der Waals surface area (Å²) in [4.78, 5) is 14.4. The van der Waals surface area contributed by atoms with Crippen LogP contribution < -0.4 is 15.0 Å². The third-order valence-electron chi connectivity index (χ3n) is 3.96. The van der Waals surface area contributed by atoms with Crippen LogP contribution in [0.15, 0.2) is 54.6 Å². The smallest absolute Gasteiger partial charge is 0.261 e. The van der Waals surface area contributed by atoms with Crippen molar-refractivity contribution in [2.45, 2.75) is 33.4 Å². The summed E-state index contributed by atoms with van der Waals surface area (Å²) in [6.45, 7) is 8.52. The maximum Gasteiger partial charge on any atom is 0.261 e. The Balaban J connectivity index is 1.85. The second-order valence-electron chi connectivity index (χ2n) is 5.63. The van der Waals surface area contributed by atoms with Crippen LogP contribution in [-0.2, 0) is 11.3 Å². The number of nitrogens with zero attached hydrogens (tertiary/aromatic N) is 1. The molecule has 0 radical (unpaired) electrons. The minimum atomic E-state index is -0.526. The Hall–Kier alpha value is -2.49. The summed E-state index contributed by atoms with van der Waals surface area (Å²) in [5, 5.41) is 2.92. The topological polar surface area (TPSA) is 41.6 Å². The third-order valence-corrected chi connectivity index (χ3v) is 3.96. The minimum absolute atomic E-state index is 0.119. The molecule has 0 saturated carbocycles. The molecule has 1 amide bonds. The number of nitrogens with one attached hydrogen (secondary N) is 1. The Bertz CT molecular complexity index is 622. The average Bonchev–Trinajstić information content (AvgIpc) is 2.62. The van der Waals surface area contributed by atoms with E-state index < -0.39 is 6.10 Å². The van der Waals surface area contributed by atoms with Crippen molar-refractivity contribution < 1.29 is 9.53 Å². The first-order chi connectivity index (χ1) is 11.6. The molecule has 128 valence electrons. The van der Waals surface area contributed by atoms with Gasteiger partial charge in [0.05, 0.1) is 0 Å². The van der Waals surface area contributed by atoms with Crippen molar-refractivity contribution in [2.75, 3.05) is 18.0 Å². The predicted molar refractivity (Wildman–Crippen MR) is 98.4 cm³/mol. The van der Waals surface area contributed by atoms with Crippen molar-refractivity contribution in [2.24, 2.45) is 0 Å². The van der Waals surface area contributed by atoms with Gasteiger partial charge in [0.15, 0.2) is 6.10 Å². The summed E-state index contributed by atoms with van der Waals surface area (Å²) in [6.07, 6.45) is -0.526. The van der Waals surface area contributed by atoms with Crippen LogP contribution in [0.1, 0.15) is 26.3 Å². The van der Waals surface area contributed by atoms with Crippen LogP contribution in [0.2, 0.25) is 0 Å². The number of carbonyl (C=O) groups excluding carboxylic acids is 1. The molecule has 2 rings (SSSR count). The molecule has 4 nitrogen and oxygen atoms in total. The second-order valence-corrected chi connectivity index (χ2v) is 5.63. The van der Waals surface area contributed by atoms with Crippen LogP contribution in [0, 0.1) is 0 Å². The van der Waals surface area contributed by atoms with E-state index >= 15 is 0 Å². The molecule has 0 heterocycles. The normalized spacial score (nSPS) is 11.6. The quantitative estimate of drug-likeness (QED) is 0.805. The molecule has 0 bridgehead atoms. The van der Waals surface area contributed by atoms with E-state index in [0.29, 0.717) is 12.3 Å². The van der Waals surface area contributed by atoms with Crippen molar-refractivity contribution in [3.05, 3.63) is 60.2 Å². The molecule has 0 spiro atoms.